The summed E-state index contributed by atoms with van der Waals surface area (Å²) in [5, 5.41) is 7.91. The molecule has 4 rings (SSSR count). The molecule has 0 aliphatic carbocycles. The minimum absolute atomic E-state index is 0.229. The van der Waals surface area contributed by atoms with E-state index in [0.29, 0.717) is 23.0 Å². The maximum Gasteiger partial charge on any atom is 0.259 e. The van der Waals surface area contributed by atoms with Crippen LogP contribution in [0.3, 0.4) is 0 Å². The lowest BCUT2D eigenvalue weighted by Crippen LogP contribution is -2.17. The molecular formula is C23H22N4O2S. The summed E-state index contributed by atoms with van der Waals surface area (Å²) in [7, 11) is 0. The molecule has 1 N–H and O–H groups in total. The molecule has 0 saturated carbocycles. The lowest BCUT2D eigenvalue weighted by atomic mass is 10.2. The van der Waals surface area contributed by atoms with Gasteiger partial charge in [-0.1, -0.05) is 29.5 Å². The van der Waals surface area contributed by atoms with Crippen LogP contribution in [0.4, 0.5) is 5.82 Å². The first kappa shape index (κ1) is 20.0. The molecule has 0 atom stereocenters. The smallest absolute Gasteiger partial charge is 0.259 e. The van der Waals surface area contributed by atoms with E-state index in [1.807, 2.05) is 19.1 Å². The van der Waals surface area contributed by atoms with Gasteiger partial charge >= 0.3 is 0 Å². The van der Waals surface area contributed by atoms with Gasteiger partial charge in [0.05, 0.1) is 11.8 Å². The van der Waals surface area contributed by atoms with Gasteiger partial charge in [-0.25, -0.2) is 9.67 Å². The third-order valence-electron chi connectivity index (χ3n) is 4.61. The molecule has 0 fully saturated rings. The van der Waals surface area contributed by atoms with Crippen LogP contribution >= 0.6 is 11.8 Å². The quantitative estimate of drug-likeness (QED) is 0.463. The molecule has 0 unspecified atom stereocenters. The number of carbonyl (C=O) groups is 1. The van der Waals surface area contributed by atoms with E-state index in [4.69, 9.17) is 4.42 Å². The number of pyridine rings is 1. The van der Waals surface area contributed by atoms with E-state index in [-0.39, 0.29) is 5.91 Å². The zero-order valence-corrected chi connectivity index (χ0v) is 17.9. The van der Waals surface area contributed by atoms with Crippen LogP contribution in [0.2, 0.25) is 0 Å². The number of hydrogen-bond acceptors (Lipinski definition) is 5. The molecule has 1 aromatic carbocycles. The van der Waals surface area contributed by atoms with E-state index >= 15 is 0 Å². The van der Waals surface area contributed by atoms with Crippen molar-refractivity contribution in [3.8, 4) is 0 Å². The van der Waals surface area contributed by atoms with Crippen LogP contribution in [0.1, 0.15) is 33.0 Å². The van der Waals surface area contributed by atoms with Gasteiger partial charge in [-0.2, -0.15) is 5.10 Å². The highest BCUT2D eigenvalue weighted by Crippen LogP contribution is 2.31. The molecule has 30 heavy (non-hydrogen) atoms. The number of anilines is 1. The first-order valence-electron chi connectivity index (χ1n) is 9.58. The van der Waals surface area contributed by atoms with Gasteiger partial charge in [-0.05, 0) is 56.7 Å². The van der Waals surface area contributed by atoms with Gasteiger partial charge in [-0.15, -0.1) is 0 Å². The Morgan fingerprint density at radius 2 is 1.97 bits per heavy atom. The number of aryl methyl sites for hydroxylation is 3. The topological polar surface area (TPSA) is 73.0 Å². The van der Waals surface area contributed by atoms with Gasteiger partial charge in [0.25, 0.3) is 5.91 Å². The zero-order valence-electron chi connectivity index (χ0n) is 17.0. The summed E-state index contributed by atoms with van der Waals surface area (Å²) in [6, 6.07) is 15.4. The number of benzene rings is 1. The molecule has 3 heterocycles. The summed E-state index contributed by atoms with van der Waals surface area (Å²) in [6.45, 7) is 6.46. The Morgan fingerprint density at radius 3 is 2.73 bits per heavy atom. The standard InChI is InChI=1S/C23H22N4O2S/c1-15-6-9-20(16(2)13-15)30-23-19(5-4-11-24-23)22(28)26-21-10-12-25-27(21)14-18-8-7-17(3)29-18/h4-13H,14H2,1-3H3,(H,26,28). The molecule has 152 valence electrons. The van der Waals surface area contributed by atoms with E-state index in [9.17, 15) is 4.79 Å². The van der Waals surface area contributed by atoms with Crippen LogP contribution in [-0.2, 0) is 6.54 Å². The molecule has 0 bridgehead atoms. The highest BCUT2D eigenvalue weighted by atomic mass is 32.2. The second-order valence-electron chi connectivity index (χ2n) is 7.07. The number of carbonyl (C=O) groups excluding carboxylic acids is 1. The molecule has 0 radical (unpaired) electrons. The van der Waals surface area contributed by atoms with Gasteiger partial charge in [-0.3, -0.25) is 4.79 Å². The summed E-state index contributed by atoms with van der Waals surface area (Å²) < 4.78 is 7.32. The maximum atomic E-state index is 13.0. The Bertz CT molecular complexity index is 1200. The Kier molecular flexibility index (Phi) is 5.72. The predicted octanol–water partition coefficient (Wildman–Crippen LogP) is 5.25. The Labute approximate surface area is 179 Å². The van der Waals surface area contributed by atoms with Crippen molar-refractivity contribution < 1.29 is 9.21 Å². The Morgan fingerprint density at radius 1 is 1.10 bits per heavy atom. The van der Waals surface area contributed by atoms with E-state index in [1.54, 1.807) is 35.3 Å². The zero-order chi connectivity index (χ0) is 21.1. The van der Waals surface area contributed by atoms with Crippen molar-refractivity contribution >= 4 is 23.5 Å². The molecule has 0 aliphatic heterocycles. The monoisotopic (exact) mass is 418 g/mol. The SMILES string of the molecule is Cc1ccc(Sc2ncccc2C(=O)Nc2ccnn2Cc2ccc(C)o2)c(C)c1. The normalized spacial score (nSPS) is 10.9. The van der Waals surface area contributed by atoms with E-state index in [1.165, 1.54) is 17.3 Å². The number of amides is 1. The summed E-state index contributed by atoms with van der Waals surface area (Å²) in [5.41, 5.74) is 2.88. The molecule has 4 aromatic rings. The molecular weight excluding hydrogens is 396 g/mol. The first-order valence-corrected chi connectivity index (χ1v) is 10.4. The van der Waals surface area contributed by atoms with Crippen molar-refractivity contribution in [2.24, 2.45) is 0 Å². The fraction of sp³-hybridized carbons (Fsp3) is 0.174. The number of furan rings is 1. The van der Waals surface area contributed by atoms with Crippen LogP contribution in [0.15, 0.2) is 75.3 Å². The molecule has 6 nitrogen and oxygen atoms in total. The molecule has 3 aromatic heterocycles. The largest absolute Gasteiger partial charge is 0.464 e. The number of nitrogens with one attached hydrogen (secondary N) is 1. The van der Waals surface area contributed by atoms with E-state index in [0.717, 1.165) is 22.0 Å². The Balaban J connectivity index is 1.54. The van der Waals surface area contributed by atoms with Crippen molar-refractivity contribution in [3.05, 3.63) is 89.1 Å². The van der Waals surface area contributed by atoms with Crippen LogP contribution in [0, 0.1) is 20.8 Å². The highest BCUT2D eigenvalue weighted by Gasteiger charge is 2.16. The maximum absolute atomic E-state index is 13.0. The second kappa shape index (κ2) is 8.59. The van der Waals surface area contributed by atoms with E-state index in [2.05, 4.69) is 47.4 Å². The number of hydrogen-bond donors (Lipinski definition) is 1. The third kappa shape index (κ3) is 4.46. The van der Waals surface area contributed by atoms with Gasteiger partial charge in [0.1, 0.15) is 28.9 Å². The van der Waals surface area contributed by atoms with Gasteiger partial charge in [0, 0.05) is 17.2 Å². The summed E-state index contributed by atoms with van der Waals surface area (Å²) >= 11 is 1.49. The molecule has 1 amide bonds. The van der Waals surface area contributed by atoms with Crippen molar-refractivity contribution in [1.29, 1.82) is 0 Å². The predicted molar refractivity (Wildman–Crippen MR) is 117 cm³/mol. The minimum atomic E-state index is -0.229. The third-order valence-corrected chi connectivity index (χ3v) is 5.81. The van der Waals surface area contributed by atoms with Crippen molar-refractivity contribution in [2.45, 2.75) is 37.2 Å². The fourth-order valence-corrected chi connectivity index (χ4v) is 4.08. The summed E-state index contributed by atoms with van der Waals surface area (Å²) in [4.78, 5) is 18.6. The van der Waals surface area contributed by atoms with Crippen molar-refractivity contribution in [1.82, 2.24) is 14.8 Å². The average molecular weight is 419 g/mol. The number of aromatic nitrogens is 3. The fourth-order valence-electron chi connectivity index (χ4n) is 3.13. The van der Waals surface area contributed by atoms with Crippen LogP contribution in [0.25, 0.3) is 0 Å². The summed E-state index contributed by atoms with van der Waals surface area (Å²) in [5.74, 6) is 1.98. The molecule has 7 heteroatoms. The van der Waals surface area contributed by atoms with E-state index < -0.39 is 0 Å². The first-order chi connectivity index (χ1) is 14.5. The van der Waals surface area contributed by atoms with Crippen molar-refractivity contribution in [2.75, 3.05) is 5.32 Å². The van der Waals surface area contributed by atoms with Crippen LogP contribution in [0.5, 0.6) is 0 Å². The second-order valence-corrected chi connectivity index (χ2v) is 8.10. The highest BCUT2D eigenvalue weighted by molar-refractivity contribution is 7.99. The van der Waals surface area contributed by atoms with Crippen LogP contribution < -0.4 is 5.32 Å². The van der Waals surface area contributed by atoms with Crippen LogP contribution in [-0.4, -0.2) is 20.7 Å². The minimum Gasteiger partial charge on any atom is -0.464 e. The van der Waals surface area contributed by atoms with Gasteiger partial charge in [0.2, 0.25) is 0 Å². The lowest BCUT2D eigenvalue weighted by molar-refractivity contribution is 0.102. The van der Waals surface area contributed by atoms with Gasteiger partial charge in [0.15, 0.2) is 0 Å². The lowest BCUT2D eigenvalue weighted by Gasteiger charge is -2.11. The molecule has 0 spiro atoms. The molecule has 0 aliphatic rings. The number of rotatable bonds is 6. The molecule has 0 saturated heterocycles. The van der Waals surface area contributed by atoms with Crippen molar-refractivity contribution in [3.63, 3.8) is 0 Å². The number of nitrogens with zero attached hydrogens (tertiary/aromatic N) is 3. The summed E-state index contributed by atoms with van der Waals surface area (Å²) in [6.07, 6.45) is 3.35. The van der Waals surface area contributed by atoms with Gasteiger partial charge < -0.3 is 9.73 Å². The Hall–Kier alpha value is -3.32. The average Bonchev–Trinajstić information content (AvgIpc) is 3.33.